The molecule has 2 heterocycles. The smallest absolute Gasteiger partial charge is 0.344 e. The van der Waals surface area contributed by atoms with E-state index in [1.54, 1.807) is 7.11 Å². The molecule has 0 amide bonds. The molecule has 28 heavy (non-hydrogen) atoms. The fourth-order valence-electron chi connectivity index (χ4n) is 3.90. The molecule has 0 atom stereocenters. The molecule has 0 bridgehead atoms. The molecule has 1 aliphatic carbocycles. The first-order valence-corrected chi connectivity index (χ1v) is 9.93. The molecule has 0 aliphatic heterocycles. The third-order valence-electron chi connectivity index (χ3n) is 5.35. The molecule has 2 N–H and O–H groups in total. The lowest BCUT2D eigenvalue weighted by Crippen LogP contribution is -2.21. The van der Waals surface area contributed by atoms with E-state index in [0.717, 1.165) is 43.1 Å². The van der Waals surface area contributed by atoms with Crippen LogP contribution in [0, 0.1) is 0 Å². The molecule has 7 heteroatoms. The normalized spacial score (nSPS) is 15.3. The van der Waals surface area contributed by atoms with Gasteiger partial charge in [-0.2, -0.15) is 0 Å². The molecule has 1 aromatic carbocycles. The van der Waals surface area contributed by atoms with Crippen LogP contribution in [0.15, 0.2) is 24.3 Å². The number of nitrogens with zero attached hydrogens (tertiary/aromatic N) is 3. The Labute approximate surface area is 163 Å². The largest absolute Gasteiger partial charge is 0.459 e. The Morgan fingerprint density at radius 1 is 1.18 bits per heavy atom. The molecular weight excluding hydrogens is 356 g/mol. The predicted molar refractivity (Wildman–Crippen MR) is 108 cm³/mol. The van der Waals surface area contributed by atoms with Crippen LogP contribution in [0.3, 0.4) is 0 Å². The molecule has 3 aromatic rings. The molecule has 1 fully saturated rings. The van der Waals surface area contributed by atoms with E-state index in [-0.39, 0.29) is 6.10 Å². The third kappa shape index (κ3) is 3.54. The number of carbonyl (C=O) groups is 1. The van der Waals surface area contributed by atoms with Crippen LogP contribution in [0.4, 0.5) is 5.82 Å². The van der Waals surface area contributed by atoms with Gasteiger partial charge in [0.25, 0.3) is 0 Å². The molecule has 7 nitrogen and oxygen atoms in total. The summed E-state index contributed by atoms with van der Waals surface area (Å²) in [6.07, 6.45) is 5.93. The highest BCUT2D eigenvalue weighted by atomic mass is 16.5. The summed E-state index contributed by atoms with van der Waals surface area (Å²) in [5.74, 6) is -0.0355. The van der Waals surface area contributed by atoms with Crippen molar-refractivity contribution < 1.29 is 14.3 Å². The number of carbonyl (C=O) groups excluding carboxylic acids is 1. The Bertz CT molecular complexity index is 992. The Balaban J connectivity index is 1.77. The van der Waals surface area contributed by atoms with Crippen LogP contribution in [-0.2, 0) is 16.0 Å². The van der Waals surface area contributed by atoms with Crippen LogP contribution < -0.4 is 5.73 Å². The number of aromatic nitrogens is 3. The van der Waals surface area contributed by atoms with Crippen molar-refractivity contribution >= 4 is 34.0 Å². The zero-order valence-corrected chi connectivity index (χ0v) is 16.2. The molecule has 0 saturated heterocycles. The van der Waals surface area contributed by atoms with Gasteiger partial charge < -0.3 is 19.8 Å². The van der Waals surface area contributed by atoms with Gasteiger partial charge in [-0.15, -0.1) is 0 Å². The summed E-state index contributed by atoms with van der Waals surface area (Å²) in [4.78, 5) is 22.5. The maximum absolute atomic E-state index is 13.0. The highest BCUT2D eigenvalue weighted by Gasteiger charge is 2.27. The average Bonchev–Trinajstić information content (AvgIpc) is 2.98. The topological polar surface area (TPSA) is 92.3 Å². The number of methoxy groups -OCH3 is 1. The first kappa shape index (κ1) is 18.7. The number of anilines is 1. The maximum Gasteiger partial charge on any atom is 0.344 e. The van der Waals surface area contributed by atoms with Crippen molar-refractivity contribution in [3.8, 4) is 0 Å². The van der Waals surface area contributed by atoms with Crippen LogP contribution in [0.2, 0.25) is 0 Å². The fourth-order valence-corrected chi connectivity index (χ4v) is 3.90. The summed E-state index contributed by atoms with van der Waals surface area (Å²) in [7, 11) is 1.66. The number of para-hydroxylation sites is 2. The minimum Gasteiger partial charge on any atom is -0.459 e. The molecule has 1 saturated carbocycles. The Morgan fingerprint density at radius 3 is 2.61 bits per heavy atom. The van der Waals surface area contributed by atoms with Crippen LogP contribution >= 0.6 is 0 Å². The monoisotopic (exact) mass is 382 g/mol. The Kier molecular flexibility index (Phi) is 5.43. The van der Waals surface area contributed by atoms with Gasteiger partial charge in [0.05, 0.1) is 11.0 Å². The SMILES string of the molecule is COCCCn1c(N)c(C(=O)OC2CCCCC2)c2nc3ccccc3nc21. The standard InChI is InChI=1S/C21H26N4O3/c1-27-13-7-12-25-19(22)17(21(26)28-14-8-3-2-4-9-14)18-20(25)24-16-11-6-5-10-15(16)23-18/h5-6,10-11,14H,2-4,7-9,12-13,22H2,1H3. The predicted octanol–water partition coefficient (Wildman–Crippen LogP) is 3.69. The number of nitrogens with two attached hydrogens (primary N) is 1. The number of hydrogen-bond donors (Lipinski definition) is 1. The second-order valence-corrected chi connectivity index (χ2v) is 7.31. The van der Waals surface area contributed by atoms with E-state index < -0.39 is 5.97 Å². The minimum absolute atomic E-state index is 0.0408. The first-order valence-electron chi connectivity index (χ1n) is 9.93. The quantitative estimate of drug-likeness (QED) is 0.516. The van der Waals surface area contributed by atoms with Crippen molar-refractivity contribution in [2.75, 3.05) is 19.5 Å². The summed E-state index contributed by atoms with van der Waals surface area (Å²) in [6, 6.07) is 7.62. The van der Waals surface area contributed by atoms with Crippen molar-refractivity contribution in [2.24, 2.45) is 0 Å². The van der Waals surface area contributed by atoms with Crippen LogP contribution in [0.5, 0.6) is 0 Å². The van der Waals surface area contributed by atoms with Crippen molar-refractivity contribution in [1.29, 1.82) is 0 Å². The molecule has 148 valence electrons. The van der Waals surface area contributed by atoms with Crippen molar-refractivity contribution in [1.82, 2.24) is 14.5 Å². The van der Waals surface area contributed by atoms with Crippen LogP contribution in [0.25, 0.3) is 22.2 Å². The summed E-state index contributed by atoms with van der Waals surface area (Å²) in [5.41, 5.74) is 9.36. The van der Waals surface area contributed by atoms with E-state index in [2.05, 4.69) is 0 Å². The Hall–Kier alpha value is -2.67. The van der Waals surface area contributed by atoms with Crippen molar-refractivity contribution in [3.63, 3.8) is 0 Å². The van der Waals surface area contributed by atoms with E-state index in [9.17, 15) is 4.79 Å². The van der Waals surface area contributed by atoms with Gasteiger partial charge >= 0.3 is 5.97 Å². The highest BCUT2D eigenvalue weighted by Crippen LogP contribution is 2.30. The van der Waals surface area contributed by atoms with E-state index in [1.165, 1.54) is 6.42 Å². The number of nitrogen functional groups attached to an aromatic ring is 1. The number of aryl methyl sites for hydroxylation is 1. The molecule has 1 aliphatic rings. The maximum atomic E-state index is 13.0. The number of ether oxygens (including phenoxy) is 2. The summed E-state index contributed by atoms with van der Waals surface area (Å²) in [5, 5.41) is 0. The zero-order chi connectivity index (χ0) is 19.5. The fraction of sp³-hybridized carbons (Fsp3) is 0.476. The first-order chi connectivity index (χ1) is 13.7. The van der Waals surface area contributed by atoms with E-state index in [4.69, 9.17) is 25.2 Å². The van der Waals surface area contributed by atoms with Gasteiger partial charge in [0.1, 0.15) is 23.0 Å². The lowest BCUT2D eigenvalue weighted by Gasteiger charge is -2.21. The molecular formula is C21H26N4O3. The number of esters is 1. The van der Waals surface area contributed by atoms with Crippen LogP contribution in [-0.4, -0.2) is 40.3 Å². The molecule has 4 rings (SSSR count). The van der Waals surface area contributed by atoms with Crippen molar-refractivity contribution in [3.05, 3.63) is 29.8 Å². The Morgan fingerprint density at radius 2 is 1.89 bits per heavy atom. The molecule has 0 spiro atoms. The third-order valence-corrected chi connectivity index (χ3v) is 5.35. The van der Waals surface area contributed by atoms with Gasteiger partial charge in [-0.3, -0.25) is 0 Å². The van der Waals surface area contributed by atoms with Gasteiger partial charge in [0.15, 0.2) is 5.65 Å². The number of rotatable bonds is 6. The molecule has 0 radical (unpaired) electrons. The van der Waals surface area contributed by atoms with Gasteiger partial charge in [-0.05, 0) is 44.2 Å². The van der Waals surface area contributed by atoms with Gasteiger partial charge in [-0.25, -0.2) is 14.8 Å². The van der Waals surface area contributed by atoms with E-state index in [0.29, 0.717) is 35.7 Å². The number of fused-ring (bicyclic) bond motifs is 2. The molecule has 2 aromatic heterocycles. The second-order valence-electron chi connectivity index (χ2n) is 7.31. The highest BCUT2D eigenvalue weighted by molar-refractivity contribution is 6.08. The number of benzene rings is 1. The van der Waals surface area contributed by atoms with Gasteiger partial charge in [0.2, 0.25) is 0 Å². The van der Waals surface area contributed by atoms with Crippen LogP contribution in [0.1, 0.15) is 48.9 Å². The second kappa shape index (κ2) is 8.14. The van der Waals surface area contributed by atoms with Crippen molar-refractivity contribution in [2.45, 2.75) is 51.2 Å². The number of hydrogen-bond acceptors (Lipinski definition) is 6. The zero-order valence-electron chi connectivity index (χ0n) is 16.2. The summed E-state index contributed by atoms with van der Waals surface area (Å²) in [6.45, 7) is 1.20. The minimum atomic E-state index is -0.399. The van der Waals surface area contributed by atoms with E-state index >= 15 is 0 Å². The van der Waals surface area contributed by atoms with Gasteiger partial charge in [0, 0.05) is 20.3 Å². The molecule has 0 unspecified atom stereocenters. The van der Waals surface area contributed by atoms with Gasteiger partial charge in [-0.1, -0.05) is 18.6 Å². The lowest BCUT2D eigenvalue weighted by molar-refractivity contribution is 0.0214. The lowest BCUT2D eigenvalue weighted by atomic mass is 9.98. The van der Waals surface area contributed by atoms with E-state index in [1.807, 2.05) is 28.8 Å². The summed E-state index contributed by atoms with van der Waals surface area (Å²) < 4.78 is 12.8. The summed E-state index contributed by atoms with van der Waals surface area (Å²) >= 11 is 0. The average molecular weight is 382 g/mol.